The van der Waals surface area contributed by atoms with Gasteiger partial charge in [0.2, 0.25) is 0 Å². The van der Waals surface area contributed by atoms with E-state index in [1.807, 2.05) is 0 Å². The van der Waals surface area contributed by atoms with Gasteiger partial charge in [-0.15, -0.1) is 0 Å². The van der Waals surface area contributed by atoms with E-state index in [0.29, 0.717) is 11.0 Å². The summed E-state index contributed by atoms with van der Waals surface area (Å²) in [6.07, 6.45) is 15.6. The van der Waals surface area contributed by atoms with Gasteiger partial charge in [-0.1, -0.05) is 18.6 Å². The average molecular weight is 300 g/mol. The second-order valence-corrected chi connectivity index (χ2v) is 9.46. The van der Waals surface area contributed by atoms with E-state index in [2.05, 4.69) is 19.9 Å². The number of hydrogen-bond acceptors (Lipinski definition) is 1. The lowest BCUT2D eigenvalue weighted by Crippen LogP contribution is -2.48. The first-order valence-corrected chi connectivity index (χ1v) is 9.95. The van der Waals surface area contributed by atoms with Crippen LogP contribution in [0, 0.1) is 35.0 Å². The molecule has 0 radical (unpaired) electrons. The third kappa shape index (κ3) is 1.81. The molecule has 0 aromatic heterocycles. The molecule has 0 amide bonds. The van der Waals surface area contributed by atoms with E-state index in [0.717, 1.165) is 36.2 Å². The van der Waals surface area contributed by atoms with E-state index in [-0.39, 0.29) is 0 Å². The monoisotopic (exact) mass is 300 g/mol. The highest BCUT2D eigenvalue weighted by Gasteiger charge is 2.58. The molecule has 1 aliphatic heterocycles. The Labute approximate surface area is 135 Å². The first-order chi connectivity index (χ1) is 10.7. The summed E-state index contributed by atoms with van der Waals surface area (Å²) in [5.74, 6) is 5.17. The molecular weight excluding hydrogens is 268 g/mol. The van der Waals surface area contributed by atoms with Crippen LogP contribution in [-0.2, 0) is 4.74 Å². The van der Waals surface area contributed by atoms with Gasteiger partial charge in [-0.05, 0) is 99.7 Å². The van der Waals surface area contributed by atoms with Gasteiger partial charge in [0, 0.05) is 0 Å². The normalized spacial score (nSPS) is 58.3. The fourth-order valence-corrected chi connectivity index (χ4v) is 7.63. The SMILES string of the molecule is CC=C1CCC2C3CCC4CC5(CCC4C3CCC12C)CO5. The molecule has 22 heavy (non-hydrogen) atoms. The zero-order valence-electron chi connectivity index (χ0n) is 14.4. The maximum atomic E-state index is 5.83. The van der Waals surface area contributed by atoms with Crippen molar-refractivity contribution in [3.63, 3.8) is 0 Å². The molecule has 1 spiro atoms. The van der Waals surface area contributed by atoms with Crippen molar-refractivity contribution in [2.45, 2.75) is 77.2 Å². The van der Waals surface area contributed by atoms with Crippen molar-refractivity contribution >= 4 is 0 Å². The summed E-state index contributed by atoms with van der Waals surface area (Å²) in [6, 6.07) is 0. The van der Waals surface area contributed by atoms with E-state index < -0.39 is 0 Å². The van der Waals surface area contributed by atoms with Gasteiger partial charge in [-0.3, -0.25) is 0 Å². The zero-order chi connectivity index (χ0) is 14.9. The summed E-state index contributed by atoms with van der Waals surface area (Å²) in [7, 11) is 0. The highest BCUT2D eigenvalue weighted by atomic mass is 16.6. The third-order valence-corrected chi connectivity index (χ3v) is 8.84. The van der Waals surface area contributed by atoms with Crippen LogP contribution in [0.1, 0.15) is 71.6 Å². The van der Waals surface area contributed by atoms with Gasteiger partial charge in [0.25, 0.3) is 0 Å². The van der Waals surface area contributed by atoms with Gasteiger partial charge in [-0.25, -0.2) is 0 Å². The van der Waals surface area contributed by atoms with Crippen molar-refractivity contribution < 1.29 is 4.74 Å². The minimum Gasteiger partial charge on any atom is -0.370 e. The van der Waals surface area contributed by atoms with Gasteiger partial charge in [0.1, 0.15) is 0 Å². The lowest BCUT2D eigenvalue weighted by atomic mass is 9.50. The minimum atomic E-state index is 0.378. The van der Waals surface area contributed by atoms with Crippen LogP contribution < -0.4 is 0 Å². The van der Waals surface area contributed by atoms with Crippen molar-refractivity contribution in [2.75, 3.05) is 6.61 Å². The molecule has 4 aliphatic carbocycles. The molecule has 7 atom stereocenters. The molecule has 0 bridgehead atoms. The standard InChI is InChI=1S/C21H32O/c1-3-15-5-7-19-18-6-4-14-12-21(13-22-21)11-9-16(14)17(18)8-10-20(15,19)2/h3,14,16-19H,4-13H2,1-2H3. The van der Waals surface area contributed by atoms with Crippen molar-refractivity contribution in [1.29, 1.82) is 0 Å². The van der Waals surface area contributed by atoms with E-state index in [4.69, 9.17) is 4.74 Å². The number of fused-ring (bicyclic) bond motifs is 5. The molecule has 7 unspecified atom stereocenters. The molecule has 0 N–H and O–H groups in total. The highest BCUT2D eigenvalue weighted by molar-refractivity contribution is 5.23. The summed E-state index contributed by atoms with van der Waals surface area (Å²) in [5, 5.41) is 0. The Morgan fingerprint density at radius 2 is 1.82 bits per heavy atom. The molecule has 5 rings (SSSR count). The third-order valence-electron chi connectivity index (χ3n) is 8.84. The molecular formula is C21H32O. The average Bonchev–Trinajstić information content (AvgIpc) is 3.17. The van der Waals surface area contributed by atoms with Gasteiger partial charge in [-0.2, -0.15) is 0 Å². The Balaban J connectivity index is 1.40. The topological polar surface area (TPSA) is 12.5 Å². The largest absolute Gasteiger partial charge is 0.370 e. The zero-order valence-corrected chi connectivity index (χ0v) is 14.4. The second kappa shape index (κ2) is 4.62. The smallest absolute Gasteiger partial charge is 0.0919 e. The number of rotatable bonds is 0. The van der Waals surface area contributed by atoms with E-state index in [1.54, 1.807) is 5.57 Å². The summed E-state index contributed by atoms with van der Waals surface area (Å²) in [4.78, 5) is 0. The Morgan fingerprint density at radius 3 is 2.59 bits per heavy atom. The van der Waals surface area contributed by atoms with Crippen LogP contribution in [0.15, 0.2) is 11.6 Å². The summed E-state index contributed by atoms with van der Waals surface area (Å²) >= 11 is 0. The molecule has 5 fully saturated rings. The highest BCUT2D eigenvalue weighted by Crippen LogP contribution is 2.65. The van der Waals surface area contributed by atoms with Crippen LogP contribution in [-0.4, -0.2) is 12.2 Å². The van der Waals surface area contributed by atoms with Crippen LogP contribution in [0.4, 0.5) is 0 Å². The Bertz CT molecular complexity index is 502. The molecule has 1 saturated heterocycles. The fourth-order valence-electron chi connectivity index (χ4n) is 7.63. The molecule has 1 nitrogen and oxygen atoms in total. The van der Waals surface area contributed by atoms with Crippen LogP contribution in [0.2, 0.25) is 0 Å². The summed E-state index contributed by atoms with van der Waals surface area (Å²) in [5.41, 5.74) is 2.74. The van der Waals surface area contributed by atoms with Gasteiger partial charge in [0.05, 0.1) is 12.2 Å². The Kier molecular flexibility index (Phi) is 2.96. The lowest BCUT2D eigenvalue weighted by molar-refractivity contribution is -0.0518. The van der Waals surface area contributed by atoms with Crippen molar-refractivity contribution in [1.82, 2.24) is 0 Å². The first kappa shape index (κ1) is 14.1. The van der Waals surface area contributed by atoms with Gasteiger partial charge in [0.15, 0.2) is 0 Å². The summed E-state index contributed by atoms with van der Waals surface area (Å²) < 4.78 is 5.83. The molecule has 0 aromatic carbocycles. The van der Waals surface area contributed by atoms with Crippen LogP contribution in [0.3, 0.4) is 0 Å². The molecule has 122 valence electrons. The number of hydrogen-bond donors (Lipinski definition) is 0. The maximum absolute atomic E-state index is 5.83. The molecule has 4 saturated carbocycles. The summed E-state index contributed by atoms with van der Waals surface area (Å²) in [6.45, 7) is 5.97. The Morgan fingerprint density at radius 1 is 1.00 bits per heavy atom. The van der Waals surface area contributed by atoms with E-state index in [1.165, 1.54) is 57.8 Å². The van der Waals surface area contributed by atoms with Crippen LogP contribution in [0.5, 0.6) is 0 Å². The van der Waals surface area contributed by atoms with Gasteiger partial charge >= 0.3 is 0 Å². The number of epoxide rings is 1. The molecule has 1 heteroatoms. The molecule has 0 aromatic rings. The predicted molar refractivity (Wildman–Crippen MR) is 89.6 cm³/mol. The van der Waals surface area contributed by atoms with E-state index in [9.17, 15) is 0 Å². The number of ether oxygens (including phenoxy) is 1. The fraction of sp³-hybridized carbons (Fsp3) is 0.905. The lowest BCUT2D eigenvalue weighted by Gasteiger charge is -2.55. The predicted octanol–water partition coefficient (Wildman–Crippen LogP) is 5.35. The van der Waals surface area contributed by atoms with Crippen molar-refractivity contribution in [2.24, 2.45) is 35.0 Å². The number of allylic oxidation sites excluding steroid dienone is 2. The van der Waals surface area contributed by atoms with Crippen molar-refractivity contribution in [3.05, 3.63) is 11.6 Å². The first-order valence-electron chi connectivity index (χ1n) is 9.95. The van der Waals surface area contributed by atoms with Gasteiger partial charge < -0.3 is 4.74 Å². The Hall–Kier alpha value is -0.300. The molecule has 1 heterocycles. The minimum absolute atomic E-state index is 0.378. The maximum Gasteiger partial charge on any atom is 0.0919 e. The van der Waals surface area contributed by atoms with Crippen LogP contribution in [0.25, 0.3) is 0 Å². The van der Waals surface area contributed by atoms with Crippen molar-refractivity contribution in [3.8, 4) is 0 Å². The molecule has 5 aliphatic rings. The van der Waals surface area contributed by atoms with E-state index >= 15 is 0 Å². The van der Waals surface area contributed by atoms with Crippen LogP contribution >= 0.6 is 0 Å². The second-order valence-electron chi connectivity index (χ2n) is 9.46. The quantitative estimate of drug-likeness (QED) is 0.434.